The van der Waals surface area contributed by atoms with E-state index in [0.717, 1.165) is 21.3 Å². The van der Waals surface area contributed by atoms with Crippen LogP contribution >= 0.6 is 11.8 Å². The minimum atomic E-state index is 0.738. The molecule has 0 aliphatic heterocycles. The van der Waals surface area contributed by atoms with Crippen LogP contribution in [0.15, 0.2) is 40.5 Å². The van der Waals surface area contributed by atoms with E-state index in [9.17, 15) is 0 Å². The third-order valence-electron chi connectivity index (χ3n) is 2.38. The number of hydrogen-bond acceptors (Lipinski definition) is 5. The number of allylic oxidation sites excluding steroid dienone is 1. The first-order valence-electron chi connectivity index (χ1n) is 5.39. The zero-order valence-corrected chi connectivity index (χ0v) is 11.1. The Labute approximate surface area is 110 Å². The topological polar surface area (TPSA) is 56.0 Å². The number of aliphatic imine (C=N–C) groups is 1. The number of rotatable bonds is 4. The number of aryl methyl sites for hydroxylation is 1. The predicted octanol–water partition coefficient (Wildman–Crippen LogP) is 2.70. The van der Waals surface area contributed by atoms with Crippen molar-refractivity contribution in [2.45, 2.75) is 12.1 Å². The van der Waals surface area contributed by atoms with Crippen LogP contribution in [0.2, 0.25) is 0 Å². The molecular weight excluding hydrogens is 246 g/mol. The quantitative estimate of drug-likeness (QED) is 0.625. The Morgan fingerprint density at radius 2 is 2.22 bits per heavy atom. The van der Waals surface area contributed by atoms with Gasteiger partial charge in [-0.3, -0.25) is 4.99 Å². The van der Waals surface area contributed by atoms with Crippen LogP contribution in [0.4, 0.5) is 5.69 Å². The van der Waals surface area contributed by atoms with Crippen LogP contribution < -0.4 is 0 Å². The summed E-state index contributed by atoms with van der Waals surface area (Å²) >= 11 is 1.50. The minimum absolute atomic E-state index is 0.738. The van der Waals surface area contributed by atoms with Gasteiger partial charge in [-0.15, -0.1) is 5.10 Å². The molecule has 1 heterocycles. The molecule has 0 amide bonds. The van der Waals surface area contributed by atoms with Crippen molar-refractivity contribution in [3.63, 3.8) is 0 Å². The van der Waals surface area contributed by atoms with E-state index in [2.05, 4.69) is 27.2 Å². The van der Waals surface area contributed by atoms with Crippen molar-refractivity contribution >= 4 is 29.1 Å². The van der Waals surface area contributed by atoms with Gasteiger partial charge in [-0.1, -0.05) is 24.3 Å². The summed E-state index contributed by atoms with van der Waals surface area (Å²) in [5.74, 6) is 0. The average molecular weight is 259 g/mol. The summed E-state index contributed by atoms with van der Waals surface area (Å²) in [6.07, 6.45) is 2.02. The molecule has 92 valence electrons. The normalized spacial score (nSPS) is 11.6. The Kier molecular flexibility index (Phi) is 3.88. The largest absolute Gasteiger partial charge is 0.264 e. The molecule has 1 aromatic heterocycles. The molecule has 0 spiro atoms. The SMILES string of the molecule is C=Nc1ccccc1/C(=C\C)Sc1nnnn1C. The third kappa shape index (κ3) is 2.48. The monoisotopic (exact) mass is 259 g/mol. The van der Waals surface area contributed by atoms with Crippen molar-refractivity contribution in [1.29, 1.82) is 0 Å². The maximum absolute atomic E-state index is 4.03. The molecule has 18 heavy (non-hydrogen) atoms. The number of aromatic nitrogens is 4. The lowest BCUT2D eigenvalue weighted by atomic mass is 10.1. The van der Waals surface area contributed by atoms with Crippen LogP contribution in [0, 0.1) is 0 Å². The highest BCUT2D eigenvalue weighted by Crippen LogP contribution is 2.36. The van der Waals surface area contributed by atoms with E-state index in [-0.39, 0.29) is 0 Å². The van der Waals surface area contributed by atoms with Crippen LogP contribution in [0.3, 0.4) is 0 Å². The lowest BCUT2D eigenvalue weighted by molar-refractivity contribution is 0.665. The van der Waals surface area contributed by atoms with E-state index >= 15 is 0 Å². The smallest absolute Gasteiger partial charge is 0.213 e. The highest BCUT2D eigenvalue weighted by atomic mass is 32.2. The van der Waals surface area contributed by atoms with Gasteiger partial charge in [0.05, 0.1) is 5.69 Å². The summed E-state index contributed by atoms with van der Waals surface area (Å²) in [7, 11) is 1.81. The first-order chi connectivity index (χ1) is 8.76. The van der Waals surface area contributed by atoms with Gasteiger partial charge >= 0.3 is 0 Å². The van der Waals surface area contributed by atoms with Gasteiger partial charge in [0.2, 0.25) is 5.16 Å². The molecule has 0 saturated heterocycles. The highest BCUT2D eigenvalue weighted by Gasteiger charge is 2.11. The second kappa shape index (κ2) is 5.59. The molecule has 6 heteroatoms. The van der Waals surface area contributed by atoms with E-state index in [1.807, 2.05) is 44.3 Å². The molecule has 0 N–H and O–H groups in total. The van der Waals surface area contributed by atoms with E-state index in [1.54, 1.807) is 4.68 Å². The summed E-state index contributed by atoms with van der Waals surface area (Å²) in [4.78, 5) is 5.08. The van der Waals surface area contributed by atoms with Crippen molar-refractivity contribution in [2.24, 2.45) is 12.0 Å². The second-order valence-corrected chi connectivity index (χ2v) is 4.52. The molecule has 0 radical (unpaired) electrons. The summed E-state index contributed by atoms with van der Waals surface area (Å²) in [6, 6.07) is 7.86. The van der Waals surface area contributed by atoms with Crippen molar-refractivity contribution in [1.82, 2.24) is 20.2 Å². The molecular formula is C12H13N5S. The van der Waals surface area contributed by atoms with Crippen molar-refractivity contribution in [3.05, 3.63) is 35.9 Å². The van der Waals surface area contributed by atoms with Crippen LogP contribution in [0.25, 0.3) is 4.91 Å². The van der Waals surface area contributed by atoms with Gasteiger partial charge in [-0.25, -0.2) is 4.68 Å². The lowest BCUT2D eigenvalue weighted by Crippen LogP contribution is -1.93. The Morgan fingerprint density at radius 3 is 2.83 bits per heavy atom. The molecule has 0 aliphatic rings. The van der Waals surface area contributed by atoms with Crippen molar-refractivity contribution in [3.8, 4) is 0 Å². The van der Waals surface area contributed by atoms with Gasteiger partial charge in [-0.2, -0.15) is 0 Å². The molecule has 5 nitrogen and oxygen atoms in total. The molecule has 0 saturated carbocycles. The predicted molar refractivity (Wildman–Crippen MR) is 74.0 cm³/mol. The van der Waals surface area contributed by atoms with Crippen LogP contribution in [-0.2, 0) is 7.05 Å². The van der Waals surface area contributed by atoms with Gasteiger partial charge in [0.25, 0.3) is 0 Å². The number of hydrogen-bond donors (Lipinski definition) is 0. The summed E-state index contributed by atoms with van der Waals surface area (Å²) in [6.45, 7) is 5.57. The van der Waals surface area contributed by atoms with E-state index in [1.165, 1.54) is 11.8 Å². The molecule has 2 rings (SSSR count). The fraction of sp³-hybridized carbons (Fsp3) is 0.167. The summed E-state index contributed by atoms with van der Waals surface area (Å²) in [5.41, 5.74) is 1.89. The maximum Gasteiger partial charge on any atom is 0.213 e. The molecule has 2 aromatic rings. The van der Waals surface area contributed by atoms with Gasteiger partial charge < -0.3 is 0 Å². The fourth-order valence-corrected chi connectivity index (χ4v) is 2.34. The van der Waals surface area contributed by atoms with E-state index < -0.39 is 0 Å². The fourth-order valence-electron chi connectivity index (χ4n) is 1.50. The average Bonchev–Trinajstić information content (AvgIpc) is 2.81. The van der Waals surface area contributed by atoms with Crippen molar-refractivity contribution < 1.29 is 0 Å². The van der Waals surface area contributed by atoms with Gasteiger partial charge in [0, 0.05) is 17.5 Å². The zero-order chi connectivity index (χ0) is 13.0. The Balaban J connectivity index is 2.35. The first-order valence-corrected chi connectivity index (χ1v) is 6.20. The van der Waals surface area contributed by atoms with Crippen LogP contribution in [0.1, 0.15) is 12.5 Å². The van der Waals surface area contributed by atoms with E-state index in [0.29, 0.717) is 0 Å². The Morgan fingerprint density at radius 1 is 1.44 bits per heavy atom. The molecule has 0 aliphatic carbocycles. The second-order valence-electron chi connectivity index (χ2n) is 3.52. The third-order valence-corrected chi connectivity index (χ3v) is 3.59. The number of nitrogens with zero attached hydrogens (tertiary/aromatic N) is 5. The Bertz CT molecular complexity index is 588. The van der Waals surface area contributed by atoms with Crippen LogP contribution in [0.5, 0.6) is 0 Å². The van der Waals surface area contributed by atoms with Crippen molar-refractivity contribution in [2.75, 3.05) is 0 Å². The summed E-state index contributed by atoms with van der Waals surface area (Å²) in [5, 5.41) is 12.1. The van der Waals surface area contributed by atoms with Gasteiger partial charge in [0.15, 0.2) is 0 Å². The van der Waals surface area contributed by atoms with Crippen LogP contribution in [-0.4, -0.2) is 26.9 Å². The number of benzene rings is 1. The number of thioether (sulfide) groups is 1. The summed E-state index contributed by atoms with van der Waals surface area (Å²) < 4.78 is 1.64. The molecule has 0 fully saturated rings. The zero-order valence-electron chi connectivity index (χ0n) is 10.2. The maximum atomic E-state index is 4.03. The highest BCUT2D eigenvalue weighted by molar-refractivity contribution is 8.08. The first kappa shape index (κ1) is 12.5. The minimum Gasteiger partial charge on any atom is -0.264 e. The standard InChI is InChI=1S/C12H13N5S/c1-4-11(18-12-14-15-16-17(12)3)9-7-5-6-8-10(9)13-2/h4-8H,2H2,1,3H3/b11-4+. The molecule has 0 bridgehead atoms. The lowest BCUT2D eigenvalue weighted by Gasteiger charge is -2.08. The number of tetrazole rings is 1. The Hall–Kier alpha value is -1.95. The number of para-hydroxylation sites is 1. The van der Waals surface area contributed by atoms with Gasteiger partial charge in [-0.05, 0) is 41.9 Å². The molecule has 1 aromatic carbocycles. The molecule has 0 atom stereocenters. The van der Waals surface area contributed by atoms with Gasteiger partial charge in [0.1, 0.15) is 0 Å². The molecule has 0 unspecified atom stereocenters. The van der Waals surface area contributed by atoms with E-state index in [4.69, 9.17) is 0 Å².